The highest BCUT2D eigenvalue weighted by molar-refractivity contribution is 6.97. The molecule has 0 N–H and O–H groups in total. The molecule has 1 aliphatic heterocycles. The van der Waals surface area contributed by atoms with Gasteiger partial charge in [-0.2, -0.15) is 0 Å². The molecule has 1 unspecified atom stereocenters. The van der Waals surface area contributed by atoms with Crippen molar-refractivity contribution in [2.75, 3.05) is 6.61 Å². The molecular weight excluding hydrogens is 529 g/mol. The van der Waals surface area contributed by atoms with Gasteiger partial charge < -0.3 is 9.16 Å². The summed E-state index contributed by atoms with van der Waals surface area (Å²) in [5.41, 5.74) is -0.0763. The van der Waals surface area contributed by atoms with Crippen molar-refractivity contribution in [2.45, 2.75) is 82.9 Å². The van der Waals surface area contributed by atoms with Crippen molar-refractivity contribution in [3.8, 4) is 0 Å². The van der Waals surface area contributed by atoms with Crippen molar-refractivity contribution in [1.82, 2.24) is 4.90 Å². The molecule has 0 amide bonds. The van der Waals surface area contributed by atoms with E-state index in [1.807, 2.05) is 81.4 Å². The van der Waals surface area contributed by atoms with Crippen molar-refractivity contribution in [3.05, 3.63) is 109 Å². The Morgan fingerprint density at radius 1 is 1.02 bits per heavy atom. The summed E-state index contributed by atoms with van der Waals surface area (Å²) < 4.78 is 27.5. The van der Waals surface area contributed by atoms with E-state index in [9.17, 15) is 9.18 Å². The lowest BCUT2D eigenvalue weighted by Gasteiger charge is -2.42. The number of ether oxygens (including phenoxy) is 1. The normalized spacial score (nSPS) is 20.5. The average Bonchev–Trinajstić information content (AvgIpc) is 3.32. The van der Waals surface area contributed by atoms with E-state index in [0.29, 0.717) is 38.5 Å². The van der Waals surface area contributed by atoms with E-state index >= 15 is 0 Å². The molecule has 1 fully saturated rings. The van der Waals surface area contributed by atoms with Gasteiger partial charge in [-0.3, -0.25) is 9.69 Å². The lowest BCUT2D eigenvalue weighted by atomic mass is 9.97. The number of halogens is 1. The van der Waals surface area contributed by atoms with Gasteiger partial charge in [0.15, 0.2) is 0 Å². The number of nitrogens with zero attached hydrogens (tertiary/aromatic N) is 1. The standard InChI is InChI=1S/C35H44FNO3Si/c1-6-35(24-22-32(33(38)40-34(3,4)5)37(35)26-29-16-10-7-11-17-29)27-39-41(25-23-28(2)36,30-18-12-8-13-19-30)31-20-14-9-15-21-31/h6-21,28,32H,1,22-27H2,2-5H3/t28?,32-,35+/m1/s1. The molecule has 0 radical (unpaired) electrons. The zero-order valence-electron chi connectivity index (χ0n) is 24.9. The van der Waals surface area contributed by atoms with E-state index in [4.69, 9.17) is 9.16 Å². The molecule has 4 rings (SSSR count). The number of hydrogen-bond acceptors (Lipinski definition) is 4. The molecule has 0 spiro atoms. The molecule has 218 valence electrons. The van der Waals surface area contributed by atoms with Crippen LogP contribution in [-0.4, -0.2) is 49.1 Å². The van der Waals surface area contributed by atoms with Crippen LogP contribution in [0.3, 0.4) is 0 Å². The first-order valence-electron chi connectivity index (χ1n) is 14.6. The van der Waals surface area contributed by atoms with E-state index in [2.05, 4.69) is 47.9 Å². The number of carbonyl (C=O) groups excluding carboxylic acids is 1. The molecule has 6 heteroatoms. The van der Waals surface area contributed by atoms with Gasteiger partial charge in [-0.25, -0.2) is 4.39 Å². The molecule has 0 bridgehead atoms. The van der Waals surface area contributed by atoms with Crippen molar-refractivity contribution in [3.63, 3.8) is 0 Å². The maximum atomic E-state index is 14.4. The molecule has 1 heterocycles. The summed E-state index contributed by atoms with van der Waals surface area (Å²) in [4.78, 5) is 15.7. The Morgan fingerprint density at radius 3 is 2.05 bits per heavy atom. The van der Waals surface area contributed by atoms with Crippen LogP contribution < -0.4 is 10.4 Å². The summed E-state index contributed by atoms with van der Waals surface area (Å²) in [6, 6.07) is 30.9. The number of benzene rings is 3. The van der Waals surface area contributed by atoms with E-state index in [0.717, 1.165) is 15.9 Å². The molecule has 0 aromatic heterocycles. The summed E-state index contributed by atoms with van der Waals surface area (Å²) >= 11 is 0. The molecule has 3 aromatic carbocycles. The first kappa shape index (κ1) is 30.9. The van der Waals surface area contributed by atoms with Crippen LogP contribution in [0.25, 0.3) is 0 Å². The largest absolute Gasteiger partial charge is 0.459 e. The average molecular weight is 574 g/mol. The van der Waals surface area contributed by atoms with Crippen LogP contribution in [0.1, 0.15) is 52.5 Å². The predicted octanol–water partition coefficient (Wildman–Crippen LogP) is 6.44. The van der Waals surface area contributed by atoms with E-state index in [1.165, 1.54) is 0 Å². The Morgan fingerprint density at radius 2 is 1.56 bits per heavy atom. The first-order chi connectivity index (χ1) is 19.6. The molecule has 0 saturated carbocycles. The number of alkyl halides is 1. The second-order valence-corrected chi connectivity index (χ2v) is 15.8. The number of carbonyl (C=O) groups is 1. The van der Waals surface area contributed by atoms with Gasteiger partial charge in [0.05, 0.1) is 18.3 Å². The highest BCUT2D eigenvalue weighted by Crippen LogP contribution is 2.39. The van der Waals surface area contributed by atoms with Gasteiger partial charge in [0.25, 0.3) is 8.32 Å². The summed E-state index contributed by atoms with van der Waals surface area (Å²) in [5, 5.41) is 2.23. The Bertz CT molecular complexity index is 1220. The quantitative estimate of drug-likeness (QED) is 0.142. The molecule has 41 heavy (non-hydrogen) atoms. The third-order valence-corrected chi connectivity index (χ3v) is 12.2. The fourth-order valence-corrected chi connectivity index (χ4v) is 10.0. The molecule has 1 saturated heterocycles. The van der Waals surface area contributed by atoms with Crippen molar-refractivity contribution < 1.29 is 18.3 Å². The minimum Gasteiger partial charge on any atom is -0.459 e. The third kappa shape index (κ3) is 7.42. The number of hydrogen-bond donors (Lipinski definition) is 0. The van der Waals surface area contributed by atoms with Gasteiger partial charge in [-0.15, -0.1) is 6.58 Å². The topological polar surface area (TPSA) is 38.8 Å². The van der Waals surface area contributed by atoms with Crippen molar-refractivity contribution in [1.29, 1.82) is 0 Å². The number of rotatable bonds is 12. The molecular formula is C35H44FNO3Si. The monoisotopic (exact) mass is 573 g/mol. The van der Waals surface area contributed by atoms with E-state index in [-0.39, 0.29) is 5.97 Å². The molecule has 3 aromatic rings. The van der Waals surface area contributed by atoms with Gasteiger partial charge in [-0.05, 0) is 68.9 Å². The number of likely N-dealkylation sites (tertiary alicyclic amines) is 1. The van der Waals surface area contributed by atoms with Crippen LogP contribution in [0.5, 0.6) is 0 Å². The van der Waals surface area contributed by atoms with Gasteiger partial charge in [0, 0.05) is 6.54 Å². The SMILES string of the molecule is C=C[C@@]1(CO[Si](CCC(C)F)(c2ccccc2)c2ccccc2)CC[C@H](C(=O)OC(C)(C)C)N1Cc1ccccc1. The van der Waals surface area contributed by atoms with Crippen molar-refractivity contribution in [2.24, 2.45) is 0 Å². The van der Waals surface area contributed by atoms with Crippen LogP contribution in [-0.2, 0) is 20.5 Å². The van der Waals surface area contributed by atoms with Crippen LogP contribution in [0.15, 0.2) is 104 Å². The first-order valence-corrected chi connectivity index (χ1v) is 16.8. The van der Waals surface area contributed by atoms with Crippen LogP contribution in [0.2, 0.25) is 6.04 Å². The maximum absolute atomic E-state index is 14.4. The summed E-state index contributed by atoms with van der Waals surface area (Å²) in [6.45, 7) is 12.5. The van der Waals surface area contributed by atoms with E-state index < -0.39 is 31.7 Å². The van der Waals surface area contributed by atoms with Crippen LogP contribution >= 0.6 is 0 Å². The third-order valence-electron chi connectivity index (χ3n) is 8.00. The molecule has 3 atom stereocenters. The van der Waals surface area contributed by atoms with Gasteiger partial charge in [-0.1, -0.05) is 97.1 Å². The maximum Gasteiger partial charge on any atom is 0.323 e. The van der Waals surface area contributed by atoms with Crippen LogP contribution in [0, 0.1) is 0 Å². The minimum atomic E-state index is -2.88. The predicted molar refractivity (Wildman–Crippen MR) is 168 cm³/mol. The Balaban J connectivity index is 1.75. The second kappa shape index (κ2) is 13.3. The Hall–Kier alpha value is -3.06. The Kier molecular flexibility index (Phi) is 10.0. The smallest absolute Gasteiger partial charge is 0.323 e. The molecule has 0 aliphatic carbocycles. The zero-order valence-corrected chi connectivity index (χ0v) is 25.9. The van der Waals surface area contributed by atoms with E-state index in [1.54, 1.807) is 6.92 Å². The minimum absolute atomic E-state index is 0.224. The summed E-state index contributed by atoms with van der Waals surface area (Å²) in [5.74, 6) is -0.224. The van der Waals surface area contributed by atoms with Crippen LogP contribution in [0.4, 0.5) is 4.39 Å². The molecule has 1 aliphatic rings. The van der Waals surface area contributed by atoms with Gasteiger partial charge >= 0.3 is 5.97 Å². The zero-order chi connectivity index (χ0) is 29.5. The van der Waals surface area contributed by atoms with Gasteiger partial charge in [0.1, 0.15) is 11.6 Å². The fraction of sp³-hybridized carbons (Fsp3) is 0.400. The Labute approximate surface area is 246 Å². The highest BCUT2D eigenvalue weighted by Gasteiger charge is 2.50. The lowest BCUT2D eigenvalue weighted by molar-refractivity contribution is -0.161. The lowest BCUT2D eigenvalue weighted by Crippen LogP contribution is -2.63. The van der Waals surface area contributed by atoms with Crippen molar-refractivity contribution >= 4 is 24.7 Å². The highest BCUT2D eigenvalue weighted by atomic mass is 28.4. The summed E-state index contributed by atoms with van der Waals surface area (Å²) in [7, 11) is -2.88. The summed E-state index contributed by atoms with van der Waals surface area (Å²) in [6.07, 6.45) is 2.77. The number of esters is 1. The second-order valence-electron chi connectivity index (χ2n) is 12.2. The van der Waals surface area contributed by atoms with Gasteiger partial charge in [0.2, 0.25) is 0 Å². The molecule has 4 nitrogen and oxygen atoms in total. The fourth-order valence-electron chi connectivity index (χ4n) is 5.85.